The lowest BCUT2D eigenvalue weighted by Crippen LogP contribution is -2.24. The van der Waals surface area contributed by atoms with Gasteiger partial charge in [0.15, 0.2) is 0 Å². The molecule has 4 aromatic rings. The van der Waals surface area contributed by atoms with Crippen LogP contribution in [0, 0.1) is 6.92 Å². The zero-order valence-corrected chi connectivity index (χ0v) is 19.5. The van der Waals surface area contributed by atoms with E-state index in [1.807, 2.05) is 65.6 Å². The van der Waals surface area contributed by atoms with Gasteiger partial charge in [-0.3, -0.25) is 4.79 Å². The van der Waals surface area contributed by atoms with Gasteiger partial charge in [-0.2, -0.15) is 0 Å². The largest absolute Gasteiger partial charge is 0.492 e. The first kappa shape index (κ1) is 20.8. The molecule has 1 amide bonds. The first-order valence-corrected chi connectivity index (χ1v) is 11.6. The lowest BCUT2D eigenvalue weighted by atomic mass is 10.1. The summed E-state index contributed by atoms with van der Waals surface area (Å²) in [6, 6.07) is 24.1. The number of anilines is 1. The Morgan fingerprint density at radius 3 is 2.69 bits per heavy atom. The minimum atomic E-state index is 0.0394. The molecule has 162 valence electrons. The molecule has 1 atom stereocenters. The molecule has 1 saturated heterocycles. The van der Waals surface area contributed by atoms with Gasteiger partial charge >= 0.3 is 0 Å². The van der Waals surface area contributed by atoms with Gasteiger partial charge in [-0.1, -0.05) is 40.2 Å². The van der Waals surface area contributed by atoms with Crippen molar-refractivity contribution in [1.82, 2.24) is 9.55 Å². The maximum absolute atomic E-state index is 12.9. The van der Waals surface area contributed by atoms with Crippen molar-refractivity contribution in [2.24, 2.45) is 0 Å². The fourth-order valence-electron chi connectivity index (χ4n) is 4.35. The van der Waals surface area contributed by atoms with E-state index >= 15 is 0 Å². The van der Waals surface area contributed by atoms with Gasteiger partial charge < -0.3 is 14.2 Å². The van der Waals surface area contributed by atoms with E-state index in [4.69, 9.17) is 9.72 Å². The monoisotopic (exact) mass is 489 g/mol. The predicted molar refractivity (Wildman–Crippen MR) is 130 cm³/mol. The van der Waals surface area contributed by atoms with Gasteiger partial charge in [0.25, 0.3) is 0 Å². The predicted octanol–water partition coefficient (Wildman–Crippen LogP) is 5.71. The van der Waals surface area contributed by atoms with E-state index in [2.05, 4.69) is 39.6 Å². The molecule has 1 fully saturated rings. The maximum Gasteiger partial charge on any atom is 0.227 e. The summed E-state index contributed by atoms with van der Waals surface area (Å²) in [6.07, 6.45) is 0.456. The van der Waals surface area contributed by atoms with Crippen molar-refractivity contribution in [3.05, 3.63) is 88.7 Å². The van der Waals surface area contributed by atoms with Crippen molar-refractivity contribution < 1.29 is 9.53 Å². The number of carbonyl (C=O) groups excluding carboxylic acids is 1. The van der Waals surface area contributed by atoms with Gasteiger partial charge in [0.2, 0.25) is 5.91 Å². The van der Waals surface area contributed by atoms with Crippen LogP contribution in [0.4, 0.5) is 5.69 Å². The molecular weight excluding hydrogens is 466 g/mol. The fourth-order valence-corrected chi connectivity index (χ4v) is 4.62. The van der Waals surface area contributed by atoms with Crippen LogP contribution in [0.3, 0.4) is 0 Å². The quantitative estimate of drug-likeness (QED) is 0.348. The van der Waals surface area contributed by atoms with E-state index in [0.29, 0.717) is 26.1 Å². The maximum atomic E-state index is 12.9. The number of fused-ring (bicyclic) bond motifs is 1. The number of aryl methyl sites for hydroxylation is 1. The van der Waals surface area contributed by atoms with Crippen LogP contribution in [0.25, 0.3) is 11.0 Å². The number of hydrogen-bond acceptors (Lipinski definition) is 3. The van der Waals surface area contributed by atoms with E-state index in [1.54, 1.807) is 0 Å². The van der Waals surface area contributed by atoms with Crippen molar-refractivity contribution in [2.45, 2.75) is 25.8 Å². The molecule has 0 aliphatic carbocycles. The van der Waals surface area contributed by atoms with Crippen LogP contribution >= 0.6 is 15.9 Å². The number of ether oxygens (including phenoxy) is 1. The van der Waals surface area contributed by atoms with Crippen LogP contribution in [0.5, 0.6) is 5.75 Å². The number of halogens is 1. The SMILES string of the molecule is Cc1cccc(OCCn2c([C@H]3CC(=O)N(c4ccc(Br)cc4)C3)nc3ccccc32)c1. The number of imidazole rings is 1. The third-order valence-corrected chi connectivity index (χ3v) is 6.41. The Morgan fingerprint density at radius 2 is 1.88 bits per heavy atom. The molecule has 0 saturated carbocycles. The molecule has 5 rings (SSSR count). The van der Waals surface area contributed by atoms with Crippen molar-refractivity contribution in [1.29, 1.82) is 0 Å². The van der Waals surface area contributed by atoms with E-state index < -0.39 is 0 Å². The standard InChI is InChI=1S/C26H24BrN3O2/c1-18-5-4-6-22(15-18)32-14-13-29-24-8-3-2-7-23(24)28-26(29)19-16-25(31)30(17-19)21-11-9-20(27)10-12-21/h2-12,15,19H,13-14,16-17H2,1H3/t19-/m0/s1. The Bertz CT molecular complexity index is 1270. The second-order valence-corrected chi connectivity index (χ2v) is 9.07. The highest BCUT2D eigenvalue weighted by Gasteiger charge is 2.34. The van der Waals surface area contributed by atoms with Crippen LogP contribution in [-0.2, 0) is 11.3 Å². The molecule has 5 nitrogen and oxygen atoms in total. The van der Waals surface area contributed by atoms with Crippen molar-refractivity contribution in [3.63, 3.8) is 0 Å². The molecule has 1 aliphatic rings. The molecule has 1 aliphatic heterocycles. The summed E-state index contributed by atoms with van der Waals surface area (Å²) in [7, 11) is 0. The van der Waals surface area contributed by atoms with Crippen LogP contribution in [0.1, 0.15) is 23.7 Å². The summed E-state index contributed by atoms with van der Waals surface area (Å²) in [6.45, 7) is 3.89. The second-order valence-electron chi connectivity index (χ2n) is 8.16. The molecule has 0 N–H and O–H groups in total. The average molecular weight is 490 g/mol. The zero-order chi connectivity index (χ0) is 22.1. The van der Waals surface area contributed by atoms with Crippen LogP contribution in [-0.4, -0.2) is 28.6 Å². The minimum Gasteiger partial charge on any atom is -0.492 e. The summed E-state index contributed by atoms with van der Waals surface area (Å²) in [5.41, 5.74) is 4.12. The van der Waals surface area contributed by atoms with Crippen molar-refractivity contribution in [3.8, 4) is 5.75 Å². The summed E-state index contributed by atoms with van der Waals surface area (Å²) >= 11 is 3.46. The van der Waals surface area contributed by atoms with Crippen LogP contribution in [0.15, 0.2) is 77.3 Å². The number of amides is 1. The second kappa shape index (κ2) is 8.79. The molecule has 0 radical (unpaired) electrons. The molecule has 3 aromatic carbocycles. The lowest BCUT2D eigenvalue weighted by Gasteiger charge is -2.18. The molecule has 2 heterocycles. The van der Waals surface area contributed by atoms with Gasteiger partial charge in [-0.05, 0) is 61.0 Å². The molecule has 1 aromatic heterocycles. The Morgan fingerprint density at radius 1 is 1.06 bits per heavy atom. The Hall–Kier alpha value is -3.12. The number of hydrogen-bond donors (Lipinski definition) is 0. The smallest absolute Gasteiger partial charge is 0.227 e. The van der Waals surface area contributed by atoms with Crippen molar-refractivity contribution in [2.75, 3.05) is 18.1 Å². The normalized spacial score (nSPS) is 16.1. The van der Waals surface area contributed by atoms with E-state index in [9.17, 15) is 4.79 Å². The molecule has 32 heavy (non-hydrogen) atoms. The zero-order valence-electron chi connectivity index (χ0n) is 17.9. The number of benzene rings is 3. The Balaban J connectivity index is 1.40. The summed E-state index contributed by atoms with van der Waals surface area (Å²) < 4.78 is 9.24. The summed E-state index contributed by atoms with van der Waals surface area (Å²) in [5, 5.41) is 0. The van der Waals surface area contributed by atoms with Gasteiger partial charge in [0.05, 0.1) is 17.6 Å². The van der Waals surface area contributed by atoms with Gasteiger partial charge in [-0.15, -0.1) is 0 Å². The van der Waals surface area contributed by atoms with E-state index in [0.717, 1.165) is 32.8 Å². The first-order chi connectivity index (χ1) is 15.6. The summed E-state index contributed by atoms with van der Waals surface area (Å²) in [5.74, 6) is 1.99. The fraction of sp³-hybridized carbons (Fsp3) is 0.231. The molecule has 0 spiro atoms. The molecule has 0 bridgehead atoms. The van der Waals surface area contributed by atoms with E-state index in [-0.39, 0.29) is 11.8 Å². The highest BCUT2D eigenvalue weighted by molar-refractivity contribution is 9.10. The average Bonchev–Trinajstić information content (AvgIpc) is 3.35. The van der Waals surface area contributed by atoms with Gasteiger partial charge in [0, 0.05) is 29.0 Å². The topological polar surface area (TPSA) is 47.4 Å². The minimum absolute atomic E-state index is 0.0394. The van der Waals surface area contributed by atoms with Crippen LogP contribution in [0.2, 0.25) is 0 Å². The van der Waals surface area contributed by atoms with Gasteiger partial charge in [0.1, 0.15) is 18.2 Å². The number of rotatable bonds is 6. The molecular formula is C26H24BrN3O2. The van der Waals surface area contributed by atoms with Crippen LogP contribution < -0.4 is 9.64 Å². The number of aromatic nitrogens is 2. The third kappa shape index (κ3) is 4.15. The lowest BCUT2D eigenvalue weighted by molar-refractivity contribution is -0.117. The van der Waals surface area contributed by atoms with Gasteiger partial charge in [-0.25, -0.2) is 4.98 Å². The Kier molecular flexibility index (Phi) is 5.70. The molecule has 6 heteroatoms. The molecule has 0 unspecified atom stereocenters. The highest BCUT2D eigenvalue weighted by Crippen LogP contribution is 2.33. The Labute approximate surface area is 195 Å². The number of carbonyl (C=O) groups is 1. The van der Waals surface area contributed by atoms with E-state index in [1.165, 1.54) is 5.56 Å². The summed E-state index contributed by atoms with van der Waals surface area (Å²) in [4.78, 5) is 19.7. The van der Waals surface area contributed by atoms with Crippen molar-refractivity contribution >= 4 is 38.6 Å². The highest BCUT2D eigenvalue weighted by atomic mass is 79.9. The first-order valence-electron chi connectivity index (χ1n) is 10.8. The number of para-hydroxylation sites is 2. The number of nitrogens with zero attached hydrogens (tertiary/aromatic N) is 3. The third-order valence-electron chi connectivity index (χ3n) is 5.89.